The SMILES string of the molecule is O=C(O)/C=C/CC1CCC(CCc2ccc(Cl)c(F)c2)CC1. The molecule has 0 amide bonds. The van der Waals surface area contributed by atoms with E-state index in [9.17, 15) is 9.18 Å². The van der Waals surface area contributed by atoms with Crippen molar-refractivity contribution in [1.82, 2.24) is 0 Å². The van der Waals surface area contributed by atoms with Crippen LogP contribution in [0.4, 0.5) is 4.39 Å². The highest BCUT2D eigenvalue weighted by atomic mass is 35.5. The van der Waals surface area contributed by atoms with Crippen molar-refractivity contribution < 1.29 is 14.3 Å². The molecule has 0 saturated heterocycles. The van der Waals surface area contributed by atoms with E-state index in [0.29, 0.717) is 11.8 Å². The first kappa shape index (κ1) is 17.0. The van der Waals surface area contributed by atoms with Gasteiger partial charge in [-0.2, -0.15) is 0 Å². The van der Waals surface area contributed by atoms with E-state index >= 15 is 0 Å². The molecule has 120 valence electrons. The fourth-order valence-electron chi connectivity index (χ4n) is 3.18. The van der Waals surface area contributed by atoms with Crippen molar-refractivity contribution in [2.45, 2.75) is 44.9 Å². The van der Waals surface area contributed by atoms with Crippen LogP contribution in [0.3, 0.4) is 0 Å². The minimum Gasteiger partial charge on any atom is -0.478 e. The van der Waals surface area contributed by atoms with Crippen LogP contribution in [0, 0.1) is 17.7 Å². The highest BCUT2D eigenvalue weighted by Gasteiger charge is 2.20. The summed E-state index contributed by atoms with van der Waals surface area (Å²) in [5.41, 5.74) is 1.01. The minimum atomic E-state index is -0.871. The van der Waals surface area contributed by atoms with Crippen LogP contribution < -0.4 is 0 Å². The number of aryl methyl sites for hydroxylation is 1. The summed E-state index contributed by atoms with van der Waals surface area (Å²) in [7, 11) is 0. The second kappa shape index (κ2) is 8.33. The molecule has 0 aliphatic heterocycles. The van der Waals surface area contributed by atoms with Crippen molar-refractivity contribution >= 4 is 17.6 Å². The van der Waals surface area contributed by atoms with Crippen molar-refractivity contribution in [3.63, 3.8) is 0 Å². The van der Waals surface area contributed by atoms with Gasteiger partial charge in [0.15, 0.2) is 0 Å². The largest absolute Gasteiger partial charge is 0.478 e. The molecule has 0 bridgehead atoms. The Bertz CT molecular complexity index is 534. The van der Waals surface area contributed by atoms with Crippen molar-refractivity contribution in [2.75, 3.05) is 0 Å². The maximum atomic E-state index is 13.4. The molecular formula is C18H22ClFO2. The molecule has 2 rings (SSSR count). The first-order chi connectivity index (χ1) is 10.5. The average molecular weight is 325 g/mol. The molecule has 1 aliphatic rings. The lowest BCUT2D eigenvalue weighted by Gasteiger charge is -2.27. The lowest BCUT2D eigenvalue weighted by atomic mass is 9.78. The van der Waals surface area contributed by atoms with Crippen LogP contribution in [-0.2, 0) is 11.2 Å². The van der Waals surface area contributed by atoms with Crippen LogP contribution in [-0.4, -0.2) is 11.1 Å². The molecular weight excluding hydrogens is 303 g/mol. The van der Waals surface area contributed by atoms with E-state index in [1.165, 1.54) is 25.0 Å². The molecule has 0 radical (unpaired) electrons. The fourth-order valence-corrected chi connectivity index (χ4v) is 3.30. The number of carboxylic acid groups (broad SMARTS) is 1. The van der Waals surface area contributed by atoms with Gasteiger partial charge in [0.1, 0.15) is 5.82 Å². The lowest BCUT2D eigenvalue weighted by molar-refractivity contribution is -0.131. The minimum absolute atomic E-state index is 0.179. The lowest BCUT2D eigenvalue weighted by Crippen LogP contribution is -2.14. The van der Waals surface area contributed by atoms with Gasteiger partial charge >= 0.3 is 5.97 Å². The Hall–Kier alpha value is -1.35. The van der Waals surface area contributed by atoms with E-state index in [0.717, 1.165) is 37.7 Å². The maximum absolute atomic E-state index is 13.4. The van der Waals surface area contributed by atoms with Gasteiger partial charge in [-0.1, -0.05) is 36.6 Å². The number of carboxylic acids is 1. The standard InChI is InChI=1S/C18H22ClFO2/c19-16-11-10-15(12-17(16)20)9-8-14-6-4-13(5-7-14)2-1-3-18(21)22/h1,3,10-14H,2,4-9H2,(H,21,22)/b3-1+. The molecule has 1 aromatic carbocycles. The van der Waals surface area contributed by atoms with Gasteiger partial charge in [0.25, 0.3) is 0 Å². The van der Waals surface area contributed by atoms with Gasteiger partial charge < -0.3 is 5.11 Å². The second-order valence-electron chi connectivity index (χ2n) is 6.15. The number of rotatable bonds is 6. The Morgan fingerprint density at radius 1 is 1.27 bits per heavy atom. The smallest absolute Gasteiger partial charge is 0.327 e. The number of halogens is 2. The summed E-state index contributed by atoms with van der Waals surface area (Å²) in [4.78, 5) is 10.4. The van der Waals surface area contributed by atoms with E-state index < -0.39 is 5.97 Å². The van der Waals surface area contributed by atoms with Crippen LogP contribution in [0.5, 0.6) is 0 Å². The van der Waals surface area contributed by atoms with Gasteiger partial charge in [0.05, 0.1) is 5.02 Å². The molecule has 1 N–H and O–H groups in total. The monoisotopic (exact) mass is 324 g/mol. The summed E-state index contributed by atoms with van der Waals surface area (Å²) in [6.07, 6.45) is 10.5. The Morgan fingerprint density at radius 2 is 1.95 bits per heavy atom. The van der Waals surface area contributed by atoms with Crippen LogP contribution in [0.1, 0.15) is 44.1 Å². The van der Waals surface area contributed by atoms with Crippen LogP contribution in [0.15, 0.2) is 30.4 Å². The summed E-state index contributed by atoms with van der Waals surface area (Å²) in [6, 6.07) is 5.05. The van der Waals surface area contributed by atoms with Crippen molar-refractivity contribution in [3.05, 3.63) is 46.8 Å². The van der Waals surface area contributed by atoms with Crippen LogP contribution in [0.25, 0.3) is 0 Å². The highest BCUT2D eigenvalue weighted by molar-refractivity contribution is 6.30. The number of hydrogen-bond donors (Lipinski definition) is 1. The third kappa shape index (κ3) is 5.45. The molecule has 0 unspecified atom stereocenters. The molecule has 22 heavy (non-hydrogen) atoms. The van der Waals surface area contributed by atoms with Crippen molar-refractivity contribution in [3.8, 4) is 0 Å². The summed E-state index contributed by atoms with van der Waals surface area (Å²) < 4.78 is 13.4. The quantitative estimate of drug-likeness (QED) is 0.726. The van der Waals surface area contributed by atoms with E-state index in [1.807, 2.05) is 6.07 Å². The zero-order valence-corrected chi connectivity index (χ0v) is 13.4. The summed E-state index contributed by atoms with van der Waals surface area (Å²) in [5.74, 6) is 0.0928. The molecule has 1 saturated carbocycles. The summed E-state index contributed by atoms with van der Waals surface area (Å²) in [6.45, 7) is 0. The predicted molar refractivity (Wildman–Crippen MR) is 86.6 cm³/mol. The number of carbonyl (C=O) groups is 1. The molecule has 1 aliphatic carbocycles. The molecule has 1 fully saturated rings. The first-order valence-corrected chi connectivity index (χ1v) is 8.25. The zero-order chi connectivity index (χ0) is 15.9. The van der Waals surface area contributed by atoms with E-state index in [2.05, 4.69) is 0 Å². The van der Waals surface area contributed by atoms with Gasteiger partial charge in [-0.15, -0.1) is 0 Å². The molecule has 2 nitrogen and oxygen atoms in total. The first-order valence-electron chi connectivity index (χ1n) is 7.88. The normalized spacial score (nSPS) is 22.1. The van der Waals surface area contributed by atoms with Gasteiger partial charge in [-0.05, 0) is 61.6 Å². The fraction of sp³-hybridized carbons (Fsp3) is 0.500. The number of hydrogen-bond acceptors (Lipinski definition) is 1. The Kier molecular flexibility index (Phi) is 6.44. The molecule has 0 atom stereocenters. The van der Waals surface area contributed by atoms with E-state index in [-0.39, 0.29) is 10.8 Å². The van der Waals surface area contributed by atoms with Crippen molar-refractivity contribution in [1.29, 1.82) is 0 Å². The third-order valence-corrected chi connectivity index (χ3v) is 4.83. The van der Waals surface area contributed by atoms with Crippen LogP contribution in [0.2, 0.25) is 5.02 Å². The summed E-state index contributed by atoms with van der Waals surface area (Å²) >= 11 is 5.69. The zero-order valence-electron chi connectivity index (χ0n) is 12.6. The second-order valence-corrected chi connectivity index (χ2v) is 6.56. The molecule has 1 aromatic rings. The Labute approximate surface area is 136 Å². The Morgan fingerprint density at radius 3 is 2.59 bits per heavy atom. The molecule has 4 heteroatoms. The third-order valence-electron chi connectivity index (χ3n) is 4.52. The molecule has 0 heterocycles. The number of benzene rings is 1. The summed E-state index contributed by atoms with van der Waals surface area (Å²) in [5, 5.41) is 8.76. The van der Waals surface area contributed by atoms with Crippen molar-refractivity contribution in [2.24, 2.45) is 11.8 Å². The van der Waals surface area contributed by atoms with E-state index in [4.69, 9.17) is 16.7 Å². The predicted octanol–water partition coefficient (Wildman–Crippen LogP) is 5.25. The highest BCUT2D eigenvalue weighted by Crippen LogP contribution is 2.33. The molecule has 0 aromatic heterocycles. The van der Waals surface area contributed by atoms with Gasteiger partial charge in [0.2, 0.25) is 0 Å². The van der Waals surface area contributed by atoms with E-state index in [1.54, 1.807) is 12.1 Å². The Balaban J connectivity index is 1.71. The van der Waals surface area contributed by atoms with Gasteiger partial charge in [0, 0.05) is 6.08 Å². The van der Waals surface area contributed by atoms with Gasteiger partial charge in [-0.3, -0.25) is 0 Å². The van der Waals surface area contributed by atoms with Gasteiger partial charge in [-0.25, -0.2) is 9.18 Å². The van der Waals surface area contributed by atoms with Crippen LogP contribution >= 0.6 is 11.6 Å². The average Bonchev–Trinajstić information content (AvgIpc) is 2.49. The molecule has 0 spiro atoms. The number of aliphatic carboxylic acids is 1. The topological polar surface area (TPSA) is 37.3 Å². The maximum Gasteiger partial charge on any atom is 0.327 e. The number of allylic oxidation sites excluding steroid dienone is 1.